The van der Waals surface area contributed by atoms with E-state index in [2.05, 4.69) is 132 Å². The maximum Gasteiger partial charge on any atom is 0.148 e. The summed E-state index contributed by atoms with van der Waals surface area (Å²) in [6.45, 7) is 3.88. The van der Waals surface area contributed by atoms with Crippen LogP contribution in [0.15, 0.2) is 206 Å². The molecule has 0 aliphatic carbocycles. The van der Waals surface area contributed by atoms with Crippen molar-refractivity contribution in [3.8, 4) is 89.7 Å². The minimum absolute atomic E-state index is 0. The first-order valence-corrected chi connectivity index (χ1v) is 20.5. The minimum atomic E-state index is -0.912. The van der Waals surface area contributed by atoms with E-state index in [0.29, 0.717) is 11.4 Å². The van der Waals surface area contributed by atoms with Crippen molar-refractivity contribution in [1.82, 2.24) is 14.5 Å². The predicted molar refractivity (Wildman–Crippen MR) is 252 cm³/mol. The van der Waals surface area contributed by atoms with Crippen molar-refractivity contribution in [3.63, 3.8) is 0 Å². The van der Waals surface area contributed by atoms with E-state index in [1.165, 1.54) is 0 Å². The van der Waals surface area contributed by atoms with Crippen LogP contribution >= 0.6 is 0 Å². The number of hydrogen-bond acceptors (Lipinski definition) is 3. The standard InChI is InChI=1S/C57H42N3O.Pt/c1-38(2)49-36-51(42-24-13-6-14-25-42)54(37-50(49)41-22-11-5-12-23-41)60-53-28-17-27-47(56(53)59-57(60)48-26-15-16-29-55(48)61)45-32-44(40-20-9-4-10-21-40)33-46(34-45)52-35-43(30-31-58-52)39-18-7-3-8-19-39;/h3-33,35-38,61H,1-2H3;/q-1;/i38D;. The number of phenolic OH excluding ortho intramolecular Hbond substituents is 1. The van der Waals surface area contributed by atoms with Gasteiger partial charge in [-0.15, -0.1) is 23.8 Å². The summed E-state index contributed by atoms with van der Waals surface area (Å²) in [6, 6.07) is 71.7. The van der Waals surface area contributed by atoms with Gasteiger partial charge >= 0.3 is 0 Å². The van der Waals surface area contributed by atoms with Crippen LogP contribution in [-0.4, -0.2) is 19.6 Å². The summed E-state index contributed by atoms with van der Waals surface area (Å²) >= 11 is 0. The molecule has 8 aromatic carbocycles. The number of fused-ring (bicyclic) bond motifs is 1. The summed E-state index contributed by atoms with van der Waals surface area (Å²) in [7, 11) is 0. The van der Waals surface area contributed by atoms with Crippen LogP contribution in [0.4, 0.5) is 0 Å². The van der Waals surface area contributed by atoms with Gasteiger partial charge in [0.15, 0.2) is 0 Å². The number of hydrogen-bond donors (Lipinski definition) is 1. The number of benzene rings is 8. The zero-order valence-electron chi connectivity index (χ0n) is 35.2. The van der Waals surface area contributed by atoms with Crippen LogP contribution in [0.2, 0.25) is 0 Å². The van der Waals surface area contributed by atoms with Crippen molar-refractivity contribution < 1.29 is 27.5 Å². The summed E-state index contributed by atoms with van der Waals surface area (Å²) in [6.07, 6.45) is 1.86. The van der Waals surface area contributed by atoms with Crippen LogP contribution in [0.1, 0.15) is 26.7 Å². The molecule has 1 N–H and O–H groups in total. The molecule has 0 unspecified atom stereocenters. The Hall–Kier alpha value is -7.13. The van der Waals surface area contributed by atoms with Gasteiger partial charge in [0.2, 0.25) is 0 Å². The van der Waals surface area contributed by atoms with Crippen LogP contribution in [0.3, 0.4) is 0 Å². The largest absolute Gasteiger partial charge is 0.507 e. The smallest absolute Gasteiger partial charge is 0.148 e. The third-order valence-electron chi connectivity index (χ3n) is 11.3. The monoisotopic (exact) mass is 980 g/mol. The zero-order chi connectivity index (χ0) is 42.2. The maximum absolute atomic E-state index is 11.6. The quantitative estimate of drug-likeness (QED) is 0.147. The Morgan fingerprint density at radius 1 is 0.516 bits per heavy atom. The maximum atomic E-state index is 11.6. The number of rotatable bonds is 9. The van der Waals surface area contributed by atoms with Gasteiger partial charge in [-0.2, -0.15) is 0 Å². The molecule has 0 saturated carbocycles. The first-order valence-electron chi connectivity index (χ1n) is 21.0. The molecule has 62 heavy (non-hydrogen) atoms. The van der Waals surface area contributed by atoms with Crippen molar-refractivity contribution >= 4 is 11.0 Å². The first-order chi connectivity index (χ1) is 30.3. The van der Waals surface area contributed by atoms with E-state index >= 15 is 0 Å². The normalized spacial score (nSPS) is 11.5. The molecule has 0 fully saturated rings. The number of pyridine rings is 1. The molecule has 0 radical (unpaired) electrons. The Kier molecular flexibility index (Phi) is 11.0. The number of para-hydroxylation sites is 2. The molecule has 10 rings (SSSR count). The van der Waals surface area contributed by atoms with Crippen LogP contribution in [0.5, 0.6) is 5.75 Å². The van der Waals surface area contributed by atoms with Crippen molar-refractivity contribution in [1.29, 1.82) is 0 Å². The van der Waals surface area contributed by atoms with E-state index in [4.69, 9.17) is 9.97 Å². The van der Waals surface area contributed by atoms with Crippen molar-refractivity contribution in [2.24, 2.45) is 0 Å². The minimum Gasteiger partial charge on any atom is -0.507 e. The van der Waals surface area contributed by atoms with Crippen LogP contribution < -0.4 is 0 Å². The topological polar surface area (TPSA) is 50.9 Å². The Labute approximate surface area is 378 Å². The van der Waals surface area contributed by atoms with Gasteiger partial charge in [-0.1, -0.05) is 182 Å². The molecule has 4 nitrogen and oxygen atoms in total. The molecular formula is C57H42N3OPt-. The summed E-state index contributed by atoms with van der Waals surface area (Å²) < 4.78 is 11.6. The summed E-state index contributed by atoms with van der Waals surface area (Å²) in [5.74, 6) is -0.190. The molecule has 5 heteroatoms. The number of aromatic hydroxyl groups is 1. The van der Waals surface area contributed by atoms with Crippen LogP contribution in [0.25, 0.3) is 95.0 Å². The fourth-order valence-corrected chi connectivity index (χ4v) is 8.33. The third kappa shape index (κ3) is 7.70. The van der Waals surface area contributed by atoms with Crippen molar-refractivity contribution in [3.05, 3.63) is 218 Å². The SMILES string of the molecule is [2H]C(C)(C)c1cc(-c2ccccc2)c(-n2c(-c3ccccc3O)nc3c(-c4[c-]c(-c5cc(-c6ccccc6)ccn5)cc(-c5ccccc5)c4)cccc32)cc1-c1ccccc1.[Pt]. The molecule has 10 aromatic rings. The molecular weight excluding hydrogens is 938 g/mol. The zero-order valence-corrected chi connectivity index (χ0v) is 36.5. The third-order valence-corrected chi connectivity index (χ3v) is 11.3. The van der Waals surface area contributed by atoms with Gasteiger partial charge in [0.25, 0.3) is 0 Å². The molecule has 0 amide bonds. The average Bonchev–Trinajstić information content (AvgIpc) is 3.71. The summed E-state index contributed by atoms with van der Waals surface area (Å²) in [5, 5.41) is 11.6. The van der Waals surface area contributed by atoms with Crippen LogP contribution in [-0.2, 0) is 21.1 Å². The van der Waals surface area contributed by atoms with Gasteiger partial charge < -0.3 is 5.11 Å². The van der Waals surface area contributed by atoms with Gasteiger partial charge in [-0.3, -0.25) is 9.55 Å². The fourth-order valence-electron chi connectivity index (χ4n) is 8.33. The summed E-state index contributed by atoms with van der Waals surface area (Å²) in [4.78, 5) is 10.4. The fraction of sp³-hybridized carbons (Fsp3) is 0.0526. The Balaban J connectivity index is 0.00000504. The van der Waals surface area contributed by atoms with E-state index in [1.54, 1.807) is 6.07 Å². The van der Waals surface area contributed by atoms with Gasteiger partial charge in [0.05, 0.1) is 22.3 Å². The first kappa shape index (κ1) is 39.0. The van der Waals surface area contributed by atoms with Gasteiger partial charge in [0.1, 0.15) is 11.6 Å². The van der Waals surface area contributed by atoms with Crippen molar-refractivity contribution in [2.45, 2.75) is 19.7 Å². The molecule has 302 valence electrons. The van der Waals surface area contributed by atoms with E-state index in [-0.39, 0.29) is 26.8 Å². The average molecular weight is 981 g/mol. The Morgan fingerprint density at radius 3 is 1.73 bits per heavy atom. The Bertz CT molecular complexity index is 3220. The van der Waals surface area contributed by atoms with Crippen LogP contribution in [0, 0.1) is 6.07 Å². The van der Waals surface area contributed by atoms with Gasteiger partial charge in [-0.05, 0) is 81.2 Å². The van der Waals surface area contributed by atoms with Gasteiger partial charge in [0, 0.05) is 39.9 Å². The van der Waals surface area contributed by atoms with Gasteiger partial charge in [-0.25, -0.2) is 4.98 Å². The van der Waals surface area contributed by atoms with E-state index in [9.17, 15) is 6.48 Å². The number of nitrogens with zero attached hydrogens (tertiary/aromatic N) is 3. The molecule has 0 saturated heterocycles. The second kappa shape index (κ2) is 17.5. The molecule has 0 aliphatic rings. The molecule has 0 spiro atoms. The summed E-state index contributed by atoms with van der Waals surface area (Å²) in [5.41, 5.74) is 15.7. The molecule has 0 atom stereocenters. The molecule has 0 bridgehead atoms. The number of imidazole rings is 1. The number of aromatic nitrogens is 3. The van der Waals surface area contributed by atoms with E-state index in [0.717, 1.165) is 89.2 Å². The molecule has 2 aromatic heterocycles. The van der Waals surface area contributed by atoms with E-state index < -0.39 is 5.89 Å². The molecule has 0 aliphatic heterocycles. The second-order valence-corrected chi connectivity index (χ2v) is 15.5. The van der Waals surface area contributed by atoms with Crippen molar-refractivity contribution in [2.75, 3.05) is 0 Å². The second-order valence-electron chi connectivity index (χ2n) is 15.5. The van der Waals surface area contributed by atoms with E-state index in [1.807, 2.05) is 92.8 Å². The molecule has 2 heterocycles. The Morgan fingerprint density at radius 2 is 1.08 bits per heavy atom. The number of phenols is 1. The predicted octanol–water partition coefficient (Wildman–Crippen LogP) is 14.7.